The van der Waals surface area contributed by atoms with Crippen molar-refractivity contribution in [1.82, 2.24) is 0 Å². The Bertz CT molecular complexity index is 294. The highest BCUT2D eigenvalue weighted by Crippen LogP contribution is 2.20. The molecule has 0 bridgehead atoms. The van der Waals surface area contributed by atoms with Gasteiger partial charge < -0.3 is 10.2 Å². The highest BCUT2D eigenvalue weighted by Gasteiger charge is 2.17. The molecule has 1 aromatic rings. The van der Waals surface area contributed by atoms with Gasteiger partial charge in [-0.1, -0.05) is 34.7 Å². The van der Waals surface area contributed by atoms with Crippen molar-refractivity contribution in [3.8, 4) is 5.75 Å². The summed E-state index contributed by atoms with van der Waals surface area (Å²) in [5.74, 6) is -1.16. The molecule has 0 radical (unpaired) electrons. The number of carbonyl (C=O) groups is 1. The molecule has 0 saturated heterocycles. The average Bonchev–Trinajstić information content (AvgIpc) is 2.09. The van der Waals surface area contributed by atoms with Gasteiger partial charge in [0.05, 0.1) is 5.92 Å². The number of aromatic hydroxyl groups is 1. The summed E-state index contributed by atoms with van der Waals surface area (Å²) in [4.78, 5) is 10.7. The van der Waals surface area contributed by atoms with Crippen LogP contribution >= 0.6 is 22.6 Å². The van der Waals surface area contributed by atoms with E-state index in [9.17, 15) is 4.79 Å². The van der Waals surface area contributed by atoms with Crippen molar-refractivity contribution in [1.29, 1.82) is 0 Å². The van der Waals surface area contributed by atoms with Crippen LogP contribution in [0.15, 0.2) is 24.3 Å². The minimum atomic E-state index is -0.833. The monoisotopic (exact) mass is 292 g/mol. The molecule has 2 N–H and O–H groups in total. The number of phenolic OH excluding ortho intramolecular Hbond substituents is 1. The second-order valence-corrected chi connectivity index (χ2v) is 3.52. The summed E-state index contributed by atoms with van der Waals surface area (Å²) in [6.07, 6.45) is 0. The zero-order valence-electron chi connectivity index (χ0n) is 6.77. The molecule has 1 atom stereocenters. The van der Waals surface area contributed by atoms with Gasteiger partial charge in [-0.05, 0) is 17.7 Å². The minimum absolute atomic E-state index is 0.154. The molecular weight excluding hydrogens is 283 g/mol. The molecule has 0 fully saturated rings. The highest BCUT2D eigenvalue weighted by atomic mass is 127. The van der Waals surface area contributed by atoms with E-state index in [0.717, 1.165) is 5.56 Å². The number of alkyl halides is 1. The van der Waals surface area contributed by atoms with Crippen molar-refractivity contribution in [2.45, 2.75) is 5.92 Å². The Morgan fingerprint density at radius 1 is 1.38 bits per heavy atom. The predicted octanol–water partition coefficient (Wildman–Crippen LogP) is 2.00. The number of hydrogen-bond donors (Lipinski definition) is 2. The number of benzene rings is 1. The number of carboxylic acids is 1. The summed E-state index contributed by atoms with van der Waals surface area (Å²) >= 11 is 2.03. The first kappa shape index (κ1) is 10.3. The molecule has 0 aliphatic carbocycles. The molecular formula is C9H9IO3. The lowest BCUT2D eigenvalue weighted by Gasteiger charge is -2.08. The van der Waals surface area contributed by atoms with Gasteiger partial charge in [-0.25, -0.2) is 0 Å². The van der Waals surface area contributed by atoms with Crippen molar-refractivity contribution in [2.75, 3.05) is 4.43 Å². The zero-order valence-corrected chi connectivity index (χ0v) is 8.93. The van der Waals surface area contributed by atoms with Gasteiger partial charge in [-0.3, -0.25) is 4.79 Å². The van der Waals surface area contributed by atoms with Gasteiger partial charge in [0.2, 0.25) is 0 Å². The fourth-order valence-corrected chi connectivity index (χ4v) is 1.89. The van der Waals surface area contributed by atoms with Gasteiger partial charge in [-0.15, -0.1) is 0 Å². The molecule has 0 aromatic heterocycles. The Balaban J connectivity index is 2.92. The molecule has 0 aliphatic rings. The number of phenols is 1. The Kier molecular flexibility index (Phi) is 3.53. The lowest BCUT2D eigenvalue weighted by Crippen LogP contribution is -2.12. The maximum Gasteiger partial charge on any atom is 0.311 e. The van der Waals surface area contributed by atoms with Crippen LogP contribution in [0.3, 0.4) is 0 Å². The summed E-state index contributed by atoms with van der Waals surface area (Å²) in [5.41, 5.74) is 0.722. The molecule has 0 heterocycles. The molecule has 1 unspecified atom stereocenters. The summed E-state index contributed by atoms with van der Waals surface area (Å²) in [5, 5.41) is 17.8. The third-order valence-electron chi connectivity index (χ3n) is 1.75. The van der Waals surface area contributed by atoms with E-state index in [0.29, 0.717) is 4.43 Å². The minimum Gasteiger partial charge on any atom is -0.508 e. The van der Waals surface area contributed by atoms with Crippen LogP contribution in [-0.2, 0) is 4.79 Å². The number of carboxylic acid groups (broad SMARTS) is 1. The van der Waals surface area contributed by atoms with E-state index >= 15 is 0 Å². The first-order valence-electron chi connectivity index (χ1n) is 3.73. The smallest absolute Gasteiger partial charge is 0.311 e. The molecule has 0 aliphatic heterocycles. The quantitative estimate of drug-likeness (QED) is 0.661. The first-order valence-corrected chi connectivity index (χ1v) is 5.25. The molecule has 0 saturated carbocycles. The van der Waals surface area contributed by atoms with E-state index < -0.39 is 11.9 Å². The van der Waals surface area contributed by atoms with E-state index in [2.05, 4.69) is 0 Å². The van der Waals surface area contributed by atoms with Gasteiger partial charge in [0.25, 0.3) is 0 Å². The van der Waals surface area contributed by atoms with Gasteiger partial charge in [0.1, 0.15) is 5.75 Å². The van der Waals surface area contributed by atoms with E-state index in [-0.39, 0.29) is 5.75 Å². The first-order chi connectivity index (χ1) is 6.15. The number of aliphatic carboxylic acids is 1. The summed E-state index contributed by atoms with van der Waals surface area (Å²) in [6, 6.07) is 6.26. The number of halogens is 1. The Morgan fingerprint density at radius 2 is 1.92 bits per heavy atom. The van der Waals surface area contributed by atoms with Gasteiger partial charge in [0.15, 0.2) is 0 Å². The summed E-state index contributed by atoms with van der Waals surface area (Å²) in [6.45, 7) is 0. The van der Waals surface area contributed by atoms with Crippen LogP contribution < -0.4 is 0 Å². The predicted molar refractivity (Wildman–Crippen MR) is 57.4 cm³/mol. The van der Waals surface area contributed by atoms with Gasteiger partial charge in [-0.2, -0.15) is 0 Å². The van der Waals surface area contributed by atoms with Crippen LogP contribution in [0, 0.1) is 0 Å². The summed E-state index contributed by atoms with van der Waals surface area (Å²) in [7, 11) is 0. The van der Waals surface area contributed by atoms with Crippen molar-refractivity contribution in [2.24, 2.45) is 0 Å². The maximum atomic E-state index is 10.7. The topological polar surface area (TPSA) is 57.5 Å². The van der Waals surface area contributed by atoms with Crippen molar-refractivity contribution in [3.05, 3.63) is 29.8 Å². The normalized spacial score (nSPS) is 12.4. The molecule has 4 heteroatoms. The lowest BCUT2D eigenvalue weighted by molar-refractivity contribution is -0.138. The van der Waals surface area contributed by atoms with E-state index in [4.69, 9.17) is 10.2 Å². The van der Waals surface area contributed by atoms with E-state index in [1.54, 1.807) is 12.1 Å². The molecule has 0 spiro atoms. The Morgan fingerprint density at radius 3 is 2.31 bits per heavy atom. The lowest BCUT2D eigenvalue weighted by atomic mass is 10.0. The second-order valence-electron chi connectivity index (χ2n) is 2.64. The number of rotatable bonds is 3. The van der Waals surface area contributed by atoms with Crippen LogP contribution in [0.2, 0.25) is 0 Å². The largest absolute Gasteiger partial charge is 0.508 e. The van der Waals surface area contributed by atoms with Crippen LogP contribution in [0.1, 0.15) is 11.5 Å². The van der Waals surface area contributed by atoms with Crippen LogP contribution in [0.4, 0.5) is 0 Å². The summed E-state index contributed by atoms with van der Waals surface area (Å²) < 4.78 is 0.526. The van der Waals surface area contributed by atoms with Crippen LogP contribution in [0.5, 0.6) is 5.75 Å². The van der Waals surface area contributed by atoms with E-state index in [1.165, 1.54) is 12.1 Å². The fourth-order valence-electron chi connectivity index (χ4n) is 1.00. The van der Waals surface area contributed by atoms with Crippen molar-refractivity contribution >= 4 is 28.6 Å². The zero-order chi connectivity index (χ0) is 9.84. The molecule has 1 rings (SSSR count). The molecule has 70 valence electrons. The number of hydrogen-bond acceptors (Lipinski definition) is 2. The van der Waals surface area contributed by atoms with E-state index in [1.807, 2.05) is 22.6 Å². The van der Waals surface area contributed by atoms with Crippen LogP contribution in [-0.4, -0.2) is 20.6 Å². The second kappa shape index (κ2) is 4.45. The van der Waals surface area contributed by atoms with Gasteiger partial charge >= 0.3 is 5.97 Å². The Hall–Kier alpha value is -0.780. The SMILES string of the molecule is O=C(O)C(CI)c1ccc(O)cc1. The average molecular weight is 292 g/mol. The van der Waals surface area contributed by atoms with Crippen molar-refractivity contribution < 1.29 is 15.0 Å². The molecule has 13 heavy (non-hydrogen) atoms. The van der Waals surface area contributed by atoms with Crippen molar-refractivity contribution in [3.63, 3.8) is 0 Å². The molecule has 1 aromatic carbocycles. The standard InChI is InChI=1S/C9H9IO3/c10-5-8(9(12)13)6-1-3-7(11)4-2-6/h1-4,8,11H,5H2,(H,12,13). The van der Waals surface area contributed by atoms with Crippen LogP contribution in [0.25, 0.3) is 0 Å². The molecule has 0 amide bonds. The molecule has 3 nitrogen and oxygen atoms in total. The maximum absolute atomic E-state index is 10.7. The Labute approximate surface area is 89.5 Å². The highest BCUT2D eigenvalue weighted by molar-refractivity contribution is 14.1. The third-order valence-corrected chi connectivity index (χ3v) is 2.63. The fraction of sp³-hybridized carbons (Fsp3) is 0.222. The van der Waals surface area contributed by atoms with Gasteiger partial charge in [0, 0.05) is 4.43 Å². The third kappa shape index (κ3) is 2.58.